The Hall–Kier alpha value is -3.03. The predicted molar refractivity (Wildman–Crippen MR) is 88.2 cm³/mol. The van der Waals surface area contributed by atoms with Gasteiger partial charge < -0.3 is 15.4 Å². The summed E-state index contributed by atoms with van der Waals surface area (Å²) in [7, 11) is 0. The highest BCUT2D eigenvalue weighted by molar-refractivity contribution is 5.85. The van der Waals surface area contributed by atoms with Crippen molar-refractivity contribution in [3.05, 3.63) is 65.7 Å². The first-order valence-corrected chi connectivity index (χ1v) is 7.72. The van der Waals surface area contributed by atoms with E-state index in [1.54, 1.807) is 24.3 Å². The molecule has 0 atom stereocenters. The summed E-state index contributed by atoms with van der Waals surface area (Å²) in [5, 5.41) is 4.90. The number of hydrogen-bond acceptors (Lipinski definition) is 3. The van der Waals surface area contributed by atoms with E-state index < -0.39 is 23.6 Å². The van der Waals surface area contributed by atoms with Crippen LogP contribution in [0.15, 0.2) is 54.6 Å². The molecule has 0 aliphatic carbocycles. The number of halogens is 3. The third-order valence-corrected chi connectivity index (χ3v) is 3.33. The highest BCUT2D eigenvalue weighted by atomic mass is 19.4. The number of ether oxygens (including phenoxy) is 1. The van der Waals surface area contributed by atoms with E-state index in [1.807, 2.05) is 6.07 Å². The maximum Gasteiger partial charge on any atom is 0.416 e. The molecule has 0 heterocycles. The molecule has 0 fully saturated rings. The van der Waals surface area contributed by atoms with Crippen LogP contribution in [0.3, 0.4) is 0 Å². The Morgan fingerprint density at radius 1 is 0.885 bits per heavy atom. The maximum atomic E-state index is 12.5. The van der Waals surface area contributed by atoms with E-state index in [-0.39, 0.29) is 19.7 Å². The quantitative estimate of drug-likeness (QED) is 0.791. The lowest BCUT2D eigenvalue weighted by atomic mass is 10.1. The zero-order valence-corrected chi connectivity index (χ0v) is 13.7. The van der Waals surface area contributed by atoms with Crippen molar-refractivity contribution in [2.75, 3.05) is 13.2 Å². The topological polar surface area (TPSA) is 67.4 Å². The van der Waals surface area contributed by atoms with Crippen LogP contribution in [0.4, 0.5) is 13.2 Å². The normalized spacial score (nSPS) is 10.9. The molecular formula is C18H17F3N2O3. The van der Waals surface area contributed by atoms with Crippen molar-refractivity contribution in [3.63, 3.8) is 0 Å². The molecule has 2 aromatic rings. The lowest BCUT2D eigenvalue weighted by Gasteiger charge is -2.09. The van der Waals surface area contributed by atoms with Crippen molar-refractivity contribution < 1.29 is 27.5 Å². The molecule has 0 saturated carbocycles. The number of benzene rings is 2. The monoisotopic (exact) mass is 366 g/mol. The van der Waals surface area contributed by atoms with E-state index in [4.69, 9.17) is 4.74 Å². The van der Waals surface area contributed by atoms with Gasteiger partial charge in [0, 0.05) is 6.54 Å². The molecular weight excluding hydrogens is 349 g/mol. The third-order valence-electron chi connectivity index (χ3n) is 3.33. The van der Waals surface area contributed by atoms with Crippen molar-refractivity contribution in [3.8, 4) is 5.75 Å². The SMILES string of the molecule is O=C(CNC(=O)COc1ccccc1)NCc1ccc(C(F)(F)F)cc1. The third kappa shape index (κ3) is 6.46. The summed E-state index contributed by atoms with van der Waals surface area (Å²) >= 11 is 0. The lowest BCUT2D eigenvalue weighted by Crippen LogP contribution is -2.38. The minimum absolute atomic E-state index is 0.0629. The fourth-order valence-electron chi connectivity index (χ4n) is 1.97. The summed E-state index contributed by atoms with van der Waals surface area (Å²) in [5.74, 6) is -0.383. The molecule has 2 aromatic carbocycles. The molecule has 0 aromatic heterocycles. The smallest absolute Gasteiger partial charge is 0.416 e. The second kappa shape index (κ2) is 8.89. The van der Waals surface area contributed by atoms with Crippen molar-refractivity contribution in [1.82, 2.24) is 10.6 Å². The zero-order chi connectivity index (χ0) is 19.0. The average molecular weight is 366 g/mol. The van der Waals surface area contributed by atoms with Gasteiger partial charge in [-0.3, -0.25) is 9.59 Å². The first kappa shape index (κ1) is 19.3. The summed E-state index contributed by atoms with van der Waals surface area (Å²) in [6.07, 6.45) is -4.39. The Bertz CT molecular complexity index is 732. The van der Waals surface area contributed by atoms with Gasteiger partial charge in [-0.1, -0.05) is 30.3 Å². The Balaban J connectivity index is 1.67. The van der Waals surface area contributed by atoms with Crippen molar-refractivity contribution >= 4 is 11.8 Å². The molecule has 2 rings (SSSR count). The molecule has 5 nitrogen and oxygen atoms in total. The molecule has 2 N–H and O–H groups in total. The number of para-hydroxylation sites is 1. The van der Waals surface area contributed by atoms with Crippen LogP contribution < -0.4 is 15.4 Å². The van der Waals surface area contributed by atoms with E-state index >= 15 is 0 Å². The number of amides is 2. The zero-order valence-electron chi connectivity index (χ0n) is 13.7. The lowest BCUT2D eigenvalue weighted by molar-refractivity contribution is -0.137. The molecule has 0 aliphatic heterocycles. The van der Waals surface area contributed by atoms with Crippen LogP contribution in [0.25, 0.3) is 0 Å². The van der Waals surface area contributed by atoms with Crippen LogP contribution >= 0.6 is 0 Å². The first-order chi connectivity index (χ1) is 12.3. The van der Waals surface area contributed by atoms with Crippen LogP contribution in [0.1, 0.15) is 11.1 Å². The number of alkyl halides is 3. The highest BCUT2D eigenvalue weighted by Gasteiger charge is 2.29. The fraction of sp³-hybridized carbons (Fsp3) is 0.222. The minimum Gasteiger partial charge on any atom is -0.484 e. The molecule has 26 heavy (non-hydrogen) atoms. The molecule has 2 amide bonds. The Morgan fingerprint density at radius 2 is 1.54 bits per heavy atom. The molecule has 0 unspecified atom stereocenters. The molecule has 0 spiro atoms. The van der Waals surface area contributed by atoms with Gasteiger partial charge in [0.15, 0.2) is 6.61 Å². The van der Waals surface area contributed by atoms with Gasteiger partial charge in [-0.25, -0.2) is 0 Å². The second-order valence-electron chi connectivity index (χ2n) is 5.35. The summed E-state index contributed by atoms with van der Waals surface area (Å²) < 4.78 is 42.6. The molecule has 0 saturated heterocycles. The van der Waals surface area contributed by atoms with E-state index in [9.17, 15) is 22.8 Å². The first-order valence-electron chi connectivity index (χ1n) is 7.72. The van der Waals surface area contributed by atoms with Crippen LogP contribution in [-0.2, 0) is 22.3 Å². The van der Waals surface area contributed by atoms with Crippen molar-refractivity contribution in [1.29, 1.82) is 0 Å². The Labute approximate surface area is 148 Å². The van der Waals surface area contributed by atoms with Gasteiger partial charge in [0.25, 0.3) is 5.91 Å². The van der Waals surface area contributed by atoms with E-state index in [0.717, 1.165) is 12.1 Å². The summed E-state index contributed by atoms with van der Waals surface area (Å²) in [4.78, 5) is 23.3. The van der Waals surface area contributed by atoms with Gasteiger partial charge in [-0.2, -0.15) is 13.2 Å². The number of nitrogens with one attached hydrogen (secondary N) is 2. The molecule has 0 bridgehead atoms. The molecule has 0 radical (unpaired) electrons. The average Bonchev–Trinajstić information content (AvgIpc) is 2.63. The summed E-state index contributed by atoms with van der Waals surface area (Å²) in [6.45, 7) is -0.416. The largest absolute Gasteiger partial charge is 0.484 e. The van der Waals surface area contributed by atoms with Crippen LogP contribution in [0.2, 0.25) is 0 Å². The Kier molecular flexibility index (Phi) is 6.60. The number of hydrogen-bond donors (Lipinski definition) is 2. The van der Waals surface area contributed by atoms with Gasteiger partial charge in [-0.05, 0) is 29.8 Å². The van der Waals surface area contributed by atoms with Crippen molar-refractivity contribution in [2.24, 2.45) is 0 Å². The van der Waals surface area contributed by atoms with Gasteiger partial charge in [-0.15, -0.1) is 0 Å². The van der Waals surface area contributed by atoms with E-state index in [2.05, 4.69) is 10.6 Å². The molecule has 0 aliphatic rings. The number of carbonyl (C=O) groups excluding carboxylic acids is 2. The number of carbonyl (C=O) groups is 2. The van der Waals surface area contributed by atoms with Crippen molar-refractivity contribution in [2.45, 2.75) is 12.7 Å². The van der Waals surface area contributed by atoms with Gasteiger partial charge in [0.1, 0.15) is 5.75 Å². The van der Waals surface area contributed by atoms with Crippen LogP contribution in [-0.4, -0.2) is 25.0 Å². The summed E-state index contributed by atoms with van der Waals surface area (Å²) in [5.41, 5.74) is -0.233. The van der Waals surface area contributed by atoms with Crippen LogP contribution in [0.5, 0.6) is 5.75 Å². The highest BCUT2D eigenvalue weighted by Crippen LogP contribution is 2.28. The fourth-order valence-corrected chi connectivity index (χ4v) is 1.97. The summed E-state index contributed by atoms with van der Waals surface area (Å²) in [6, 6.07) is 13.2. The minimum atomic E-state index is -4.39. The van der Waals surface area contributed by atoms with Gasteiger partial charge in [0.05, 0.1) is 12.1 Å². The number of rotatable bonds is 7. The Morgan fingerprint density at radius 3 is 2.15 bits per heavy atom. The van der Waals surface area contributed by atoms with Crippen LogP contribution in [0, 0.1) is 0 Å². The standard InChI is InChI=1S/C18H17F3N2O3/c19-18(20,21)14-8-6-13(7-9-14)10-22-16(24)11-23-17(25)12-26-15-4-2-1-3-5-15/h1-9H,10-12H2,(H,22,24)(H,23,25). The second-order valence-corrected chi connectivity index (χ2v) is 5.35. The maximum absolute atomic E-state index is 12.5. The molecule has 138 valence electrons. The predicted octanol–water partition coefficient (Wildman–Crippen LogP) is 2.52. The molecule has 8 heteroatoms. The van der Waals surface area contributed by atoms with Gasteiger partial charge >= 0.3 is 6.18 Å². The van der Waals surface area contributed by atoms with E-state index in [1.165, 1.54) is 12.1 Å². The van der Waals surface area contributed by atoms with E-state index in [0.29, 0.717) is 11.3 Å². The van der Waals surface area contributed by atoms with Gasteiger partial charge in [0.2, 0.25) is 5.91 Å².